The maximum Gasteiger partial charge on any atom is 0.338 e. The average Bonchev–Trinajstić information content (AvgIpc) is 3.05. The lowest BCUT2D eigenvalue weighted by Gasteiger charge is -2.34. The first-order valence-electron chi connectivity index (χ1n) is 10.7. The molecule has 9 heteroatoms. The van der Waals surface area contributed by atoms with Crippen LogP contribution in [0.5, 0.6) is 0 Å². The number of hydrogen-bond donors (Lipinski definition) is 1. The monoisotopic (exact) mass is 437 g/mol. The molecule has 2 aliphatic rings. The van der Waals surface area contributed by atoms with Gasteiger partial charge >= 0.3 is 5.97 Å². The van der Waals surface area contributed by atoms with Gasteiger partial charge in [0, 0.05) is 31.9 Å². The molecular formula is C21H31N3O5S. The van der Waals surface area contributed by atoms with Crippen LogP contribution in [0, 0.1) is 5.92 Å². The van der Waals surface area contributed by atoms with Crippen LogP contribution in [0.2, 0.25) is 0 Å². The molecule has 2 aliphatic heterocycles. The molecule has 3 rings (SSSR count). The number of amides is 1. The minimum absolute atomic E-state index is 0.199. The van der Waals surface area contributed by atoms with Gasteiger partial charge in [-0.2, -0.15) is 17.0 Å². The average molecular weight is 438 g/mol. The third-order valence-corrected chi connectivity index (χ3v) is 7.64. The third-order valence-electron chi connectivity index (χ3n) is 5.64. The third kappa shape index (κ3) is 5.59. The highest BCUT2D eigenvalue weighted by Crippen LogP contribution is 2.24. The van der Waals surface area contributed by atoms with Gasteiger partial charge < -0.3 is 10.1 Å². The van der Waals surface area contributed by atoms with Gasteiger partial charge in [-0.25, -0.2) is 4.79 Å². The second-order valence-corrected chi connectivity index (χ2v) is 9.73. The van der Waals surface area contributed by atoms with E-state index in [4.69, 9.17) is 4.74 Å². The predicted molar refractivity (Wildman–Crippen MR) is 114 cm³/mol. The highest BCUT2D eigenvalue weighted by atomic mass is 32.2. The standard InChI is InChI=1S/C21H31N3O5S/c1-2-29-21(26)17-9-11-19(12-10-17)22-20(25)18-8-7-15-24(16-18)30(27,28)23-13-5-3-4-6-14-23/h9-12,18H,2-8,13-16H2,1H3,(H,22,25). The summed E-state index contributed by atoms with van der Waals surface area (Å²) in [7, 11) is -3.53. The van der Waals surface area contributed by atoms with Gasteiger partial charge in [-0.15, -0.1) is 0 Å². The van der Waals surface area contributed by atoms with E-state index in [0.29, 0.717) is 50.3 Å². The van der Waals surface area contributed by atoms with E-state index >= 15 is 0 Å². The van der Waals surface area contributed by atoms with Crippen molar-refractivity contribution in [2.75, 3.05) is 38.1 Å². The molecule has 0 saturated carbocycles. The van der Waals surface area contributed by atoms with Crippen LogP contribution in [0.15, 0.2) is 24.3 Å². The number of nitrogens with one attached hydrogen (secondary N) is 1. The Bertz CT molecular complexity index is 833. The number of nitrogens with zero attached hydrogens (tertiary/aromatic N) is 2. The van der Waals surface area contributed by atoms with Crippen LogP contribution in [0.4, 0.5) is 5.69 Å². The van der Waals surface area contributed by atoms with Crippen LogP contribution in [0.1, 0.15) is 55.8 Å². The van der Waals surface area contributed by atoms with Gasteiger partial charge in [-0.05, 0) is 56.9 Å². The molecule has 0 aromatic heterocycles. The Balaban J connectivity index is 1.60. The first-order chi connectivity index (χ1) is 14.4. The Morgan fingerprint density at radius 3 is 2.27 bits per heavy atom. The van der Waals surface area contributed by atoms with Crippen molar-refractivity contribution in [3.8, 4) is 0 Å². The molecule has 0 radical (unpaired) electrons. The normalized spacial score (nSPS) is 21.6. The van der Waals surface area contributed by atoms with Crippen LogP contribution in [0.25, 0.3) is 0 Å². The molecule has 0 bridgehead atoms. The van der Waals surface area contributed by atoms with E-state index < -0.39 is 22.1 Å². The fraction of sp³-hybridized carbons (Fsp3) is 0.619. The molecule has 2 fully saturated rings. The molecule has 1 unspecified atom stereocenters. The minimum atomic E-state index is -3.53. The second-order valence-electron chi connectivity index (χ2n) is 7.81. The number of carbonyl (C=O) groups is 2. The molecule has 1 aromatic carbocycles. The molecule has 1 N–H and O–H groups in total. The van der Waals surface area contributed by atoms with Gasteiger partial charge in [-0.3, -0.25) is 4.79 Å². The van der Waals surface area contributed by atoms with Crippen molar-refractivity contribution in [1.82, 2.24) is 8.61 Å². The number of anilines is 1. The fourth-order valence-electron chi connectivity index (χ4n) is 3.95. The molecule has 8 nitrogen and oxygen atoms in total. The van der Waals surface area contributed by atoms with Gasteiger partial charge in [0.25, 0.3) is 10.2 Å². The van der Waals surface area contributed by atoms with Gasteiger partial charge in [0.2, 0.25) is 5.91 Å². The smallest absolute Gasteiger partial charge is 0.338 e. The zero-order valence-corrected chi connectivity index (χ0v) is 18.3. The maximum atomic E-state index is 13.1. The van der Waals surface area contributed by atoms with Crippen molar-refractivity contribution in [3.63, 3.8) is 0 Å². The molecule has 2 heterocycles. The van der Waals surface area contributed by atoms with E-state index in [9.17, 15) is 18.0 Å². The first-order valence-corrected chi connectivity index (χ1v) is 12.1. The van der Waals surface area contributed by atoms with Crippen molar-refractivity contribution in [2.45, 2.75) is 45.4 Å². The van der Waals surface area contributed by atoms with E-state index in [1.165, 1.54) is 4.31 Å². The van der Waals surface area contributed by atoms with E-state index in [1.54, 1.807) is 35.5 Å². The Morgan fingerprint density at radius 1 is 1.00 bits per heavy atom. The summed E-state index contributed by atoms with van der Waals surface area (Å²) < 4.78 is 34.1. The molecule has 0 aliphatic carbocycles. The topological polar surface area (TPSA) is 96.0 Å². The number of benzene rings is 1. The summed E-state index contributed by atoms with van der Waals surface area (Å²) in [6, 6.07) is 6.51. The molecule has 1 aromatic rings. The zero-order valence-electron chi connectivity index (χ0n) is 17.5. The van der Waals surface area contributed by atoms with Crippen molar-refractivity contribution < 1.29 is 22.7 Å². The van der Waals surface area contributed by atoms with Gasteiger partial charge in [0.05, 0.1) is 18.1 Å². The lowest BCUT2D eigenvalue weighted by atomic mass is 9.98. The molecule has 0 spiro atoms. The van der Waals surface area contributed by atoms with E-state index in [-0.39, 0.29) is 12.5 Å². The van der Waals surface area contributed by atoms with E-state index in [0.717, 1.165) is 25.7 Å². The Morgan fingerprint density at radius 2 is 1.63 bits per heavy atom. The molecule has 1 atom stereocenters. The van der Waals surface area contributed by atoms with Crippen LogP contribution >= 0.6 is 0 Å². The number of esters is 1. The van der Waals surface area contributed by atoms with Crippen molar-refractivity contribution in [3.05, 3.63) is 29.8 Å². The quantitative estimate of drug-likeness (QED) is 0.690. The van der Waals surface area contributed by atoms with E-state index in [2.05, 4.69) is 5.32 Å². The predicted octanol–water partition coefficient (Wildman–Crippen LogP) is 2.63. The largest absolute Gasteiger partial charge is 0.462 e. The molecule has 166 valence electrons. The van der Waals surface area contributed by atoms with Gasteiger partial charge in [-0.1, -0.05) is 12.8 Å². The number of ether oxygens (including phenoxy) is 1. The Labute approximate surface area is 178 Å². The van der Waals surface area contributed by atoms with Crippen molar-refractivity contribution in [2.24, 2.45) is 5.92 Å². The molecule has 1 amide bonds. The summed E-state index contributed by atoms with van der Waals surface area (Å²) in [6.07, 6.45) is 5.21. The highest BCUT2D eigenvalue weighted by molar-refractivity contribution is 7.86. The highest BCUT2D eigenvalue weighted by Gasteiger charge is 2.36. The molecule has 30 heavy (non-hydrogen) atoms. The summed E-state index contributed by atoms with van der Waals surface area (Å²) in [4.78, 5) is 24.5. The number of hydrogen-bond acceptors (Lipinski definition) is 5. The summed E-state index contributed by atoms with van der Waals surface area (Å²) in [5, 5.41) is 2.85. The van der Waals surface area contributed by atoms with Crippen LogP contribution in [-0.2, 0) is 19.7 Å². The SMILES string of the molecule is CCOC(=O)c1ccc(NC(=O)C2CCCN(S(=O)(=O)N3CCCCCC3)C2)cc1. The number of carbonyl (C=O) groups excluding carboxylic acids is 2. The first kappa shape index (κ1) is 22.7. The molecule has 2 saturated heterocycles. The number of piperidine rings is 1. The lowest BCUT2D eigenvalue weighted by Crippen LogP contribution is -2.50. The van der Waals surface area contributed by atoms with Gasteiger partial charge in [0.1, 0.15) is 0 Å². The maximum absolute atomic E-state index is 13.1. The lowest BCUT2D eigenvalue weighted by molar-refractivity contribution is -0.120. The Hall–Kier alpha value is -1.97. The molecular weight excluding hydrogens is 406 g/mol. The van der Waals surface area contributed by atoms with Crippen LogP contribution in [-0.4, -0.2) is 61.7 Å². The summed E-state index contributed by atoms with van der Waals surface area (Å²) in [5.74, 6) is -1.00. The summed E-state index contributed by atoms with van der Waals surface area (Å²) >= 11 is 0. The van der Waals surface area contributed by atoms with E-state index in [1.807, 2.05) is 0 Å². The minimum Gasteiger partial charge on any atom is -0.462 e. The fourth-order valence-corrected chi connectivity index (χ4v) is 5.72. The summed E-state index contributed by atoms with van der Waals surface area (Å²) in [5.41, 5.74) is 0.989. The van der Waals surface area contributed by atoms with Crippen LogP contribution < -0.4 is 5.32 Å². The summed E-state index contributed by atoms with van der Waals surface area (Å²) in [6.45, 7) is 3.82. The van der Waals surface area contributed by atoms with Crippen molar-refractivity contribution >= 4 is 27.8 Å². The zero-order chi connectivity index (χ0) is 21.6. The van der Waals surface area contributed by atoms with Gasteiger partial charge in [0.15, 0.2) is 0 Å². The van der Waals surface area contributed by atoms with Crippen LogP contribution in [0.3, 0.4) is 0 Å². The second kappa shape index (κ2) is 10.4. The Kier molecular flexibility index (Phi) is 7.85. The van der Waals surface area contributed by atoms with Crippen molar-refractivity contribution in [1.29, 1.82) is 0 Å². The number of rotatable bonds is 6.